The monoisotopic (exact) mass is 263 g/mol. The summed E-state index contributed by atoms with van der Waals surface area (Å²) < 4.78 is 11.0. The largest absolute Gasteiger partial charge is 0.486 e. The molecule has 1 aromatic carbocycles. The van der Waals surface area contributed by atoms with E-state index in [1.807, 2.05) is 18.2 Å². The minimum Gasteiger partial charge on any atom is -0.486 e. The van der Waals surface area contributed by atoms with Crippen LogP contribution in [0, 0.1) is 0 Å². The number of fused-ring (bicyclic) bond motifs is 1. The van der Waals surface area contributed by atoms with E-state index >= 15 is 0 Å². The van der Waals surface area contributed by atoms with Crippen molar-refractivity contribution in [3.63, 3.8) is 0 Å². The summed E-state index contributed by atoms with van der Waals surface area (Å²) in [5.41, 5.74) is 1.17. The van der Waals surface area contributed by atoms with E-state index in [1.54, 1.807) is 6.08 Å². The van der Waals surface area contributed by atoms with Crippen LogP contribution < -0.4 is 14.8 Å². The molecule has 0 spiro atoms. The third-order valence-electron chi connectivity index (χ3n) is 2.72. The Morgan fingerprint density at radius 3 is 2.89 bits per heavy atom. The molecule has 0 aliphatic carbocycles. The summed E-state index contributed by atoms with van der Waals surface area (Å²) in [6.45, 7) is 2.53. The van der Waals surface area contributed by atoms with Crippen molar-refractivity contribution in [1.29, 1.82) is 0 Å². The highest BCUT2D eigenvalue weighted by Crippen LogP contribution is 2.30. The van der Waals surface area contributed by atoms with Gasteiger partial charge in [-0.15, -0.1) is 0 Å². The maximum atomic E-state index is 10.2. The molecule has 19 heavy (non-hydrogen) atoms. The maximum Gasteiger partial charge on any atom is 0.328 e. The number of carboxylic acid groups (broad SMARTS) is 1. The maximum absolute atomic E-state index is 10.2. The molecule has 5 heteroatoms. The Morgan fingerprint density at radius 1 is 1.32 bits per heavy atom. The molecule has 0 saturated heterocycles. The van der Waals surface area contributed by atoms with Crippen LogP contribution in [0.2, 0.25) is 0 Å². The third kappa shape index (κ3) is 4.30. The second kappa shape index (κ2) is 6.80. The summed E-state index contributed by atoms with van der Waals surface area (Å²) in [4.78, 5) is 10.2. The SMILES string of the molecule is O=C(O)/C=C/CNCCc1ccc2c(c1)OCCO2. The van der Waals surface area contributed by atoms with Gasteiger partial charge in [-0.3, -0.25) is 0 Å². The van der Waals surface area contributed by atoms with Crippen LogP contribution in [0.25, 0.3) is 0 Å². The lowest BCUT2D eigenvalue weighted by molar-refractivity contribution is -0.131. The smallest absolute Gasteiger partial charge is 0.328 e. The van der Waals surface area contributed by atoms with E-state index in [0.29, 0.717) is 19.8 Å². The molecule has 2 rings (SSSR count). The van der Waals surface area contributed by atoms with E-state index in [-0.39, 0.29) is 0 Å². The predicted octanol–water partition coefficient (Wildman–Crippen LogP) is 1.23. The van der Waals surface area contributed by atoms with Gasteiger partial charge in [-0.2, -0.15) is 0 Å². The number of carbonyl (C=O) groups is 1. The molecule has 2 N–H and O–H groups in total. The standard InChI is InChI=1S/C14H17NO4/c16-14(17)2-1-6-15-7-5-11-3-4-12-13(10-11)19-9-8-18-12/h1-4,10,15H,5-9H2,(H,16,17)/b2-1+. The highest BCUT2D eigenvalue weighted by atomic mass is 16.6. The van der Waals surface area contributed by atoms with Crippen molar-refractivity contribution in [1.82, 2.24) is 5.32 Å². The zero-order valence-corrected chi connectivity index (χ0v) is 10.6. The third-order valence-corrected chi connectivity index (χ3v) is 2.72. The molecule has 0 saturated carbocycles. The second-order valence-corrected chi connectivity index (χ2v) is 4.17. The van der Waals surface area contributed by atoms with Crippen LogP contribution in [0.4, 0.5) is 0 Å². The summed E-state index contributed by atoms with van der Waals surface area (Å²) in [7, 11) is 0. The van der Waals surface area contributed by atoms with Crippen molar-refractivity contribution < 1.29 is 19.4 Å². The first kappa shape index (κ1) is 13.4. The number of hydrogen-bond acceptors (Lipinski definition) is 4. The first-order chi connectivity index (χ1) is 9.25. The molecule has 0 amide bonds. The van der Waals surface area contributed by atoms with Gasteiger partial charge in [0.2, 0.25) is 0 Å². The summed E-state index contributed by atoms with van der Waals surface area (Å²) in [5.74, 6) is 0.676. The molecule has 1 aliphatic rings. The van der Waals surface area contributed by atoms with Crippen molar-refractivity contribution in [3.8, 4) is 11.5 Å². The summed E-state index contributed by atoms with van der Waals surface area (Å²) in [6.07, 6.45) is 3.58. The van der Waals surface area contributed by atoms with Crippen LogP contribution in [0.15, 0.2) is 30.4 Å². The van der Waals surface area contributed by atoms with Crippen molar-refractivity contribution in [3.05, 3.63) is 35.9 Å². The van der Waals surface area contributed by atoms with Crippen molar-refractivity contribution in [2.24, 2.45) is 0 Å². The highest BCUT2D eigenvalue weighted by Gasteiger charge is 2.11. The molecule has 1 aliphatic heterocycles. The van der Waals surface area contributed by atoms with Crippen LogP contribution in [0.3, 0.4) is 0 Å². The summed E-state index contributed by atoms with van der Waals surface area (Å²) >= 11 is 0. The Bertz CT molecular complexity index is 471. The number of nitrogens with one attached hydrogen (secondary N) is 1. The molecule has 1 heterocycles. The van der Waals surface area contributed by atoms with Gasteiger partial charge in [0.1, 0.15) is 13.2 Å². The Kier molecular flexibility index (Phi) is 4.80. The van der Waals surface area contributed by atoms with Crippen LogP contribution in [0.1, 0.15) is 5.56 Å². The molecular weight excluding hydrogens is 246 g/mol. The molecule has 0 radical (unpaired) electrons. The molecule has 1 aromatic rings. The van der Waals surface area contributed by atoms with Gasteiger partial charge in [-0.25, -0.2) is 4.79 Å². The molecule has 0 fully saturated rings. The Labute approximate surface area is 111 Å². The molecule has 102 valence electrons. The second-order valence-electron chi connectivity index (χ2n) is 4.17. The molecule has 5 nitrogen and oxygen atoms in total. The average Bonchev–Trinajstić information content (AvgIpc) is 2.42. The van der Waals surface area contributed by atoms with Crippen molar-refractivity contribution in [2.75, 3.05) is 26.3 Å². The van der Waals surface area contributed by atoms with E-state index in [9.17, 15) is 4.79 Å². The van der Waals surface area contributed by atoms with E-state index in [2.05, 4.69) is 5.32 Å². The van der Waals surface area contributed by atoms with Gasteiger partial charge >= 0.3 is 5.97 Å². The van der Waals surface area contributed by atoms with E-state index < -0.39 is 5.97 Å². The highest BCUT2D eigenvalue weighted by molar-refractivity contribution is 5.79. The zero-order valence-electron chi connectivity index (χ0n) is 10.6. The molecule has 0 atom stereocenters. The molecule has 0 unspecified atom stereocenters. The predicted molar refractivity (Wildman–Crippen MR) is 70.8 cm³/mol. The summed E-state index contributed by atoms with van der Waals surface area (Å²) in [6, 6.07) is 5.93. The lowest BCUT2D eigenvalue weighted by atomic mass is 10.1. The normalized spacial score (nSPS) is 13.7. The average molecular weight is 263 g/mol. The van der Waals surface area contributed by atoms with Gasteiger partial charge in [0.05, 0.1) is 0 Å². The van der Waals surface area contributed by atoms with Crippen LogP contribution >= 0.6 is 0 Å². The fourth-order valence-electron chi connectivity index (χ4n) is 1.82. The first-order valence-electron chi connectivity index (χ1n) is 6.24. The number of carboxylic acids is 1. The molecule has 0 aromatic heterocycles. The quantitative estimate of drug-likeness (QED) is 0.597. The number of ether oxygens (including phenoxy) is 2. The van der Waals surface area contributed by atoms with E-state index in [1.165, 1.54) is 5.56 Å². The minimum absolute atomic E-state index is 0.552. The van der Waals surface area contributed by atoms with E-state index in [4.69, 9.17) is 14.6 Å². The number of rotatable bonds is 6. The van der Waals surface area contributed by atoms with Gasteiger partial charge < -0.3 is 19.9 Å². The van der Waals surface area contributed by atoms with Crippen molar-refractivity contribution >= 4 is 5.97 Å². The summed E-state index contributed by atoms with van der Waals surface area (Å²) in [5, 5.41) is 11.6. The number of hydrogen-bond donors (Lipinski definition) is 2. The zero-order chi connectivity index (χ0) is 13.5. The lowest BCUT2D eigenvalue weighted by Gasteiger charge is -2.18. The van der Waals surface area contributed by atoms with Crippen LogP contribution in [0.5, 0.6) is 11.5 Å². The molecule has 0 bridgehead atoms. The Hall–Kier alpha value is -2.01. The van der Waals surface area contributed by atoms with Crippen LogP contribution in [-0.4, -0.2) is 37.4 Å². The lowest BCUT2D eigenvalue weighted by Crippen LogP contribution is -2.18. The number of benzene rings is 1. The minimum atomic E-state index is -0.923. The fraction of sp³-hybridized carbons (Fsp3) is 0.357. The Balaban J connectivity index is 1.75. The van der Waals surface area contributed by atoms with Gasteiger partial charge in [0.15, 0.2) is 11.5 Å². The first-order valence-corrected chi connectivity index (χ1v) is 6.24. The fourth-order valence-corrected chi connectivity index (χ4v) is 1.82. The van der Waals surface area contributed by atoms with E-state index in [0.717, 1.165) is 30.5 Å². The van der Waals surface area contributed by atoms with Gasteiger partial charge in [-0.05, 0) is 30.7 Å². The van der Waals surface area contributed by atoms with Crippen molar-refractivity contribution in [2.45, 2.75) is 6.42 Å². The number of aliphatic carboxylic acids is 1. The van der Waals surface area contributed by atoms with Crippen LogP contribution in [-0.2, 0) is 11.2 Å². The van der Waals surface area contributed by atoms with Gasteiger partial charge in [-0.1, -0.05) is 12.1 Å². The molecular formula is C14H17NO4. The van der Waals surface area contributed by atoms with Gasteiger partial charge in [0.25, 0.3) is 0 Å². The Morgan fingerprint density at radius 2 is 2.11 bits per heavy atom. The topological polar surface area (TPSA) is 67.8 Å². The van der Waals surface area contributed by atoms with Gasteiger partial charge in [0, 0.05) is 12.6 Å².